The molecule has 17 heavy (non-hydrogen) atoms. The molecule has 1 nitrogen and oxygen atoms in total. The molecule has 1 N–H and O–H groups in total. The minimum Gasteiger partial charge on any atom is -0.507 e. The number of hydrogen-bond acceptors (Lipinski definition) is 1. The topological polar surface area (TPSA) is 20.2 Å². The Kier molecular flexibility index (Phi) is 2.30. The lowest BCUT2D eigenvalue weighted by Gasteiger charge is -2.21. The molecule has 0 radical (unpaired) electrons. The van der Waals surface area contributed by atoms with Crippen molar-refractivity contribution < 1.29 is 5.11 Å². The van der Waals surface area contributed by atoms with E-state index in [9.17, 15) is 5.11 Å². The van der Waals surface area contributed by atoms with E-state index in [-0.39, 0.29) is 0 Å². The molecule has 0 atom stereocenters. The number of rotatable bonds is 0. The molecule has 0 saturated carbocycles. The summed E-state index contributed by atoms with van der Waals surface area (Å²) in [6.07, 6.45) is 0.952. The van der Waals surface area contributed by atoms with E-state index in [1.54, 1.807) is 0 Å². The van der Waals surface area contributed by atoms with Gasteiger partial charge in [-0.2, -0.15) is 0 Å². The molecule has 2 aromatic rings. The average molecular weight is 289 g/mol. The van der Waals surface area contributed by atoms with Crippen LogP contribution in [0.4, 0.5) is 0 Å². The third-order valence-corrected chi connectivity index (χ3v) is 4.56. The number of aromatic hydroxyl groups is 1. The summed E-state index contributed by atoms with van der Waals surface area (Å²) in [6, 6.07) is 8.21. The highest BCUT2D eigenvalue weighted by molar-refractivity contribution is 9.15. The Morgan fingerprint density at radius 2 is 2.00 bits per heavy atom. The van der Waals surface area contributed by atoms with Crippen LogP contribution in [0.5, 0.6) is 5.75 Å². The summed E-state index contributed by atoms with van der Waals surface area (Å²) in [5.74, 6) is 0.369. The normalized spacial score (nSPS) is 14.5. The van der Waals surface area contributed by atoms with Gasteiger partial charge in [-0.3, -0.25) is 0 Å². The van der Waals surface area contributed by atoms with Crippen LogP contribution in [0, 0.1) is 6.92 Å². The Bertz CT molecular complexity index is 668. The number of hydrogen-bond donors (Lipinski definition) is 1. The molecule has 1 aliphatic rings. The predicted molar refractivity (Wildman–Crippen MR) is 75.6 cm³/mol. The van der Waals surface area contributed by atoms with Crippen molar-refractivity contribution in [3.8, 4) is 5.75 Å². The van der Waals surface area contributed by atoms with Crippen LogP contribution in [0.25, 0.3) is 15.3 Å². The van der Waals surface area contributed by atoms with Gasteiger partial charge in [0, 0.05) is 10.0 Å². The molecule has 0 bridgehead atoms. The molecule has 0 unspecified atom stereocenters. The summed E-state index contributed by atoms with van der Waals surface area (Å²) in [4.78, 5) is 0. The smallest absolute Gasteiger partial charge is 0.124 e. The second-order valence-corrected chi connectivity index (χ2v) is 5.49. The van der Waals surface area contributed by atoms with Crippen molar-refractivity contribution in [3.05, 3.63) is 46.5 Å². The molecule has 0 heterocycles. The third kappa shape index (κ3) is 1.44. The van der Waals surface area contributed by atoms with Gasteiger partial charge in [-0.05, 0) is 48.2 Å². The fraction of sp³-hybridized carbons (Fsp3) is 0.200. The van der Waals surface area contributed by atoms with Gasteiger partial charge in [0.25, 0.3) is 0 Å². The lowest BCUT2D eigenvalue weighted by Crippen LogP contribution is -2.01. The Morgan fingerprint density at radius 3 is 2.76 bits per heavy atom. The summed E-state index contributed by atoms with van der Waals surface area (Å²) < 4.78 is 1.04. The minimum absolute atomic E-state index is 0.369. The van der Waals surface area contributed by atoms with Gasteiger partial charge in [-0.1, -0.05) is 39.7 Å². The van der Waals surface area contributed by atoms with E-state index in [0.717, 1.165) is 22.0 Å². The molecule has 0 spiro atoms. The van der Waals surface area contributed by atoms with E-state index >= 15 is 0 Å². The van der Waals surface area contributed by atoms with Gasteiger partial charge >= 0.3 is 0 Å². The van der Waals surface area contributed by atoms with Crippen LogP contribution < -0.4 is 0 Å². The fourth-order valence-electron chi connectivity index (χ4n) is 2.65. The van der Waals surface area contributed by atoms with Gasteiger partial charge in [-0.15, -0.1) is 0 Å². The van der Waals surface area contributed by atoms with Crippen LogP contribution in [0.1, 0.15) is 23.6 Å². The number of benzene rings is 2. The lowest BCUT2D eigenvalue weighted by atomic mass is 9.87. The number of phenols is 1. The maximum Gasteiger partial charge on any atom is 0.124 e. The molecule has 1 aliphatic carbocycles. The summed E-state index contributed by atoms with van der Waals surface area (Å²) in [7, 11) is 0. The van der Waals surface area contributed by atoms with Crippen molar-refractivity contribution in [1.82, 2.24) is 0 Å². The molecule has 0 fully saturated rings. The highest BCUT2D eigenvalue weighted by Gasteiger charge is 2.21. The Balaban J connectivity index is 2.57. The molecule has 0 saturated heterocycles. The van der Waals surface area contributed by atoms with E-state index in [0.29, 0.717) is 5.75 Å². The Morgan fingerprint density at radius 1 is 1.24 bits per heavy atom. The summed E-state index contributed by atoms with van der Waals surface area (Å²) in [6.45, 7) is 4.15. The fourth-order valence-corrected chi connectivity index (χ4v) is 3.19. The van der Waals surface area contributed by atoms with Crippen LogP contribution >= 0.6 is 15.9 Å². The van der Waals surface area contributed by atoms with E-state index in [1.165, 1.54) is 21.9 Å². The summed E-state index contributed by atoms with van der Waals surface area (Å²) >= 11 is 3.61. The quantitative estimate of drug-likeness (QED) is 0.755. The minimum atomic E-state index is 0.369. The molecule has 0 aliphatic heterocycles. The van der Waals surface area contributed by atoms with Gasteiger partial charge in [0.15, 0.2) is 0 Å². The van der Waals surface area contributed by atoms with Crippen molar-refractivity contribution in [2.45, 2.75) is 20.3 Å². The SMILES string of the molecule is CC1=C(Br)c2c(O)cc(C)c3cccc(c23)C1. The second-order valence-electron chi connectivity index (χ2n) is 4.70. The van der Waals surface area contributed by atoms with Crippen LogP contribution in [-0.2, 0) is 6.42 Å². The molecule has 86 valence electrons. The molecule has 3 rings (SSSR count). The zero-order chi connectivity index (χ0) is 12.2. The lowest BCUT2D eigenvalue weighted by molar-refractivity contribution is 0.474. The standard InChI is InChI=1S/C15H13BrO/c1-8-7-12(17)14-13-10(4-3-5-11(8)13)6-9(2)15(14)16/h3-5,7,17H,6H2,1-2H3. The van der Waals surface area contributed by atoms with Crippen LogP contribution in [0.2, 0.25) is 0 Å². The van der Waals surface area contributed by atoms with E-state index in [1.807, 2.05) is 13.0 Å². The van der Waals surface area contributed by atoms with Crippen molar-refractivity contribution in [2.75, 3.05) is 0 Å². The second kappa shape index (κ2) is 3.61. The summed E-state index contributed by atoms with van der Waals surface area (Å²) in [5.41, 5.74) is 4.65. The average Bonchev–Trinajstić information content (AvgIpc) is 2.28. The first-order valence-corrected chi connectivity index (χ1v) is 6.48. The van der Waals surface area contributed by atoms with Crippen molar-refractivity contribution >= 4 is 31.2 Å². The molecule has 0 amide bonds. The van der Waals surface area contributed by atoms with E-state index in [2.05, 4.69) is 41.1 Å². The highest BCUT2D eigenvalue weighted by atomic mass is 79.9. The van der Waals surface area contributed by atoms with E-state index in [4.69, 9.17) is 0 Å². The van der Waals surface area contributed by atoms with E-state index < -0.39 is 0 Å². The molecular weight excluding hydrogens is 276 g/mol. The largest absolute Gasteiger partial charge is 0.507 e. The number of phenolic OH excluding ortho intramolecular Hbond substituents is 1. The summed E-state index contributed by atoms with van der Waals surface area (Å²) in [5, 5.41) is 12.6. The van der Waals surface area contributed by atoms with Crippen LogP contribution in [-0.4, -0.2) is 5.11 Å². The van der Waals surface area contributed by atoms with Gasteiger partial charge in [-0.25, -0.2) is 0 Å². The Labute approximate surface area is 109 Å². The Hall–Kier alpha value is -1.28. The maximum absolute atomic E-state index is 10.2. The predicted octanol–water partition coefficient (Wildman–Crippen LogP) is 4.54. The third-order valence-electron chi connectivity index (χ3n) is 3.48. The highest BCUT2D eigenvalue weighted by Crippen LogP contribution is 2.44. The maximum atomic E-state index is 10.2. The number of halogens is 1. The number of allylic oxidation sites excluding steroid dienone is 1. The van der Waals surface area contributed by atoms with Crippen molar-refractivity contribution in [1.29, 1.82) is 0 Å². The monoisotopic (exact) mass is 288 g/mol. The number of aryl methyl sites for hydroxylation is 1. The van der Waals surface area contributed by atoms with Crippen molar-refractivity contribution in [3.63, 3.8) is 0 Å². The zero-order valence-electron chi connectivity index (χ0n) is 9.84. The van der Waals surface area contributed by atoms with Crippen LogP contribution in [0.3, 0.4) is 0 Å². The zero-order valence-corrected chi connectivity index (χ0v) is 11.4. The molecule has 0 aromatic heterocycles. The van der Waals surface area contributed by atoms with Gasteiger partial charge in [0.1, 0.15) is 5.75 Å². The first kappa shape index (κ1) is 10.8. The molecule has 2 aromatic carbocycles. The van der Waals surface area contributed by atoms with Gasteiger partial charge in [0.05, 0.1) is 0 Å². The molecular formula is C15H13BrO. The van der Waals surface area contributed by atoms with Gasteiger partial charge in [0.2, 0.25) is 0 Å². The first-order chi connectivity index (χ1) is 8.09. The van der Waals surface area contributed by atoms with Crippen molar-refractivity contribution in [2.24, 2.45) is 0 Å². The molecule has 2 heteroatoms. The first-order valence-electron chi connectivity index (χ1n) is 5.69. The van der Waals surface area contributed by atoms with Crippen LogP contribution in [0.15, 0.2) is 29.8 Å². The van der Waals surface area contributed by atoms with Gasteiger partial charge < -0.3 is 5.11 Å².